The van der Waals surface area contributed by atoms with Crippen molar-refractivity contribution in [3.8, 4) is 10.6 Å². The molecule has 0 bridgehead atoms. The number of carbonyl (C=O) groups is 1. The third kappa shape index (κ3) is 3.95. The average Bonchev–Trinajstić information content (AvgIpc) is 3.33. The van der Waals surface area contributed by atoms with Gasteiger partial charge in [0.2, 0.25) is 0 Å². The Bertz CT molecular complexity index is 1110. The second-order valence-electron chi connectivity index (χ2n) is 6.14. The van der Waals surface area contributed by atoms with Gasteiger partial charge in [0, 0.05) is 16.3 Å². The molecule has 2 heterocycles. The summed E-state index contributed by atoms with van der Waals surface area (Å²) in [5.74, 6) is -0.179. The first-order chi connectivity index (χ1) is 13.6. The number of para-hydroxylation sites is 1. The Labute approximate surface area is 170 Å². The lowest BCUT2D eigenvalue weighted by molar-refractivity contribution is 0.102. The minimum absolute atomic E-state index is 0.179. The van der Waals surface area contributed by atoms with Gasteiger partial charge in [0.25, 0.3) is 5.91 Å². The van der Waals surface area contributed by atoms with Crippen LogP contribution in [0.4, 0.5) is 5.69 Å². The molecule has 0 saturated heterocycles. The fourth-order valence-electron chi connectivity index (χ4n) is 2.77. The Balaban J connectivity index is 1.57. The van der Waals surface area contributed by atoms with Crippen molar-refractivity contribution < 1.29 is 4.79 Å². The number of benzene rings is 2. The van der Waals surface area contributed by atoms with Crippen LogP contribution in [0.1, 0.15) is 20.9 Å². The molecule has 8 heteroatoms. The van der Waals surface area contributed by atoms with E-state index in [0.717, 1.165) is 21.8 Å². The van der Waals surface area contributed by atoms with E-state index in [4.69, 9.17) is 11.6 Å². The number of thiazole rings is 1. The first-order valence-corrected chi connectivity index (χ1v) is 9.74. The Hall–Kier alpha value is -3.03. The van der Waals surface area contributed by atoms with Gasteiger partial charge < -0.3 is 5.32 Å². The predicted molar refractivity (Wildman–Crippen MR) is 111 cm³/mol. The maximum absolute atomic E-state index is 12.9. The maximum Gasteiger partial charge on any atom is 0.267 e. The summed E-state index contributed by atoms with van der Waals surface area (Å²) < 4.78 is 1.71. The summed E-state index contributed by atoms with van der Waals surface area (Å²) in [7, 11) is 0. The van der Waals surface area contributed by atoms with E-state index in [-0.39, 0.29) is 5.91 Å². The maximum atomic E-state index is 12.9. The molecule has 0 aliphatic heterocycles. The molecule has 0 fully saturated rings. The van der Waals surface area contributed by atoms with Gasteiger partial charge in [0.1, 0.15) is 22.5 Å². The minimum atomic E-state index is -0.179. The number of amides is 1. The number of aromatic nitrogens is 4. The standard InChI is InChI=1S/C20H16ClN5OS/c1-13-18(28-20(24-13)14-6-8-16(21)9-7-14)19(27)25-17-5-3-2-4-15(17)10-26-12-22-11-23-26/h2-9,11-12H,10H2,1H3,(H,25,27). The van der Waals surface area contributed by atoms with Crippen molar-refractivity contribution in [1.82, 2.24) is 19.7 Å². The molecule has 4 aromatic rings. The van der Waals surface area contributed by atoms with E-state index in [0.29, 0.717) is 22.1 Å². The number of hydrogen-bond donors (Lipinski definition) is 1. The van der Waals surface area contributed by atoms with Crippen LogP contribution in [0.3, 0.4) is 0 Å². The van der Waals surface area contributed by atoms with Crippen LogP contribution in [0.5, 0.6) is 0 Å². The summed E-state index contributed by atoms with van der Waals surface area (Å²) in [4.78, 5) is 22.0. The third-order valence-corrected chi connectivity index (χ3v) is 5.62. The largest absolute Gasteiger partial charge is 0.321 e. The van der Waals surface area contributed by atoms with Crippen LogP contribution in [-0.4, -0.2) is 25.7 Å². The Morgan fingerprint density at radius 2 is 1.96 bits per heavy atom. The molecule has 0 aliphatic carbocycles. The van der Waals surface area contributed by atoms with Crippen molar-refractivity contribution in [2.75, 3.05) is 5.32 Å². The average molecular weight is 410 g/mol. The first kappa shape index (κ1) is 18.3. The van der Waals surface area contributed by atoms with E-state index in [2.05, 4.69) is 20.4 Å². The summed E-state index contributed by atoms with van der Waals surface area (Å²) in [6.45, 7) is 2.36. The van der Waals surface area contributed by atoms with E-state index >= 15 is 0 Å². The topological polar surface area (TPSA) is 72.7 Å². The quantitative estimate of drug-likeness (QED) is 0.520. The van der Waals surface area contributed by atoms with E-state index in [9.17, 15) is 4.79 Å². The fourth-order valence-corrected chi connectivity index (χ4v) is 3.86. The SMILES string of the molecule is Cc1nc(-c2ccc(Cl)cc2)sc1C(=O)Nc1ccccc1Cn1cncn1. The Morgan fingerprint density at radius 3 is 2.71 bits per heavy atom. The summed E-state index contributed by atoms with van der Waals surface area (Å²) >= 11 is 7.31. The molecule has 0 atom stereocenters. The van der Waals surface area contributed by atoms with Crippen molar-refractivity contribution in [3.63, 3.8) is 0 Å². The molecule has 4 rings (SSSR count). The van der Waals surface area contributed by atoms with Gasteiger partial charge in [-0.15, -0.1) is 11.3 Å². The first-order valence-electron chi connectivity index (χ1n) is 8.55. The van der Waals surface area contributed by atoms with Crippen molar-refractivity contribution >= 4 is 34.5 Å². The minimum Gasteiger partial charge on any atom is -0.321 e. The molecule has 0 saturated carbocycles. The van der Waals surface area contributed by atoms with Crippen LogP contribution in [0.25, 0.3) is 10.6 Å². The fraction of sp³-hybridized carbons (Fsp3) is 0.100. The van der Waals surface area contributed by atoms with Crippen LogP contribution < -0.4 is 5.32 Å². The lowest BCUT2D eigenvalue weighted by atomic mass is 10.1. The predicted octanol–water partition coefficient (Wildman–Crippen LogP) is 4.66. The van der Waals surface area contributed by atoms with Gasteiger partial charge in [-0.1, -0.05) is 41.9 Å². The molecular weight excluding hydrogens is 394 g/mol. The monoisotopic (exact) mass is 409 g/mol. The lowest BCUT2D eigenvalue weighted by Gasteiger charge is -2.10. The highest BCUT2D eigenvalue weighted by Gasteiger charge is 2.17. The van der Waals surface area contributed by atoms with Crippen molar-refractivity contribution in [1.29, 1.82) is 0 Å². The lowest BCUT2D eigenvalue weighted by Crippen LogP contribution is -2.14. The normalized spacial score (nSPS) is 10.8. The highest BCUT2D eigenvalue weighted by Crippen LogP contribution is 2.29. The summed E-state index contributed by atoms with van der Waals surface area (Å²) in [6.07, 6.45) is 3.13. The van der Waals surface area contributed by atoms with Gasteiger partial charge in [-0.05, 0) is 30.7 Å². The van der Waals surface area contributed by atoms with Crippen molar-refractivity contribution in [3.05, 3.63) is 82.3 Å². The summed E-state index contributed by atoms with van der Waals surface area (Å²) in [5, 5.41) is 8.58. The zero-order valence-corrected chi connectivity index (χ0v) is 16.5. The summed E-state index contributed by atoms with van der Waals surface area (Å²) in [6, 6.07) is 15.1. The van der Waals surface area contributed by atoms with Gasteiger partial charge in [-0.3, -0.25) is 4.79 Å². The smallest absolute Gasteiger partial charge is 0.267 e. The van der Waals surface area contributed by atoms with Crippen LogP contribution in [0, 0.1) is 6.92 Å². The van der Waals surface area contributed by atoms with Crippen LogP contribution >= 0.6 is 22.9 Å². The van der Waals surface area contributed by atoms with E-state index in [1.807, 2.05) is 55.5 Å². The van der Waals surface area contributed by atoms with Crippen LogP contribution in [0.15, 0.2) is 61.2 Å². The van der Waals surface area contributed by atoms with Gasteiger partial charge in [-0.2, -0.15) is 5.10 Å². The highest BCUT2D eigenvalue weighted by molar-refractivity contribution is 7.17. The van der Waals surface area contributed by atoms with E-state index < -0.39 is 0 Å². The summed E-state index contributed by atoms with van der Waals surface area (Å²) in [5.41, 5.74) is 3.31. The van der Waals surface area contributed by atoms with Gasteiger partial charge >= 0.3 is 0 Å². The molecule has 0 spiro atoms. The number of hydrogen-bond acceptors (Lipinski definition) is 5. The zero-order chi connectivity index (χ0) is 19.5. The molecule has 2 aromatic heterocycles. The molecule has 1 amide bonds. The van der Waals surface area contributed by atoms with E-state index in [1.165, 1.54) is 17.7 Å². The number of rotatable bonds is 5. The number of nitrogens with one attached hydrogen (secondary N) is 1. The molecule has 28 heavy (non-hydrogen) atoms. The molecule has 140 valence electrons. The van der Waals surface area contributed by atoms with E-state index in [1.54, 1.807) is 11.0 Å². The Kier molecular flexibility index (Phi) is 5.18. The molecule has 0 aliphatic rings. The molecule has 2 aromatic carbocycles. The van der Waals surface area contributed by atoms with Gasteiger partial charge in [0.15, 0.2) is 0 Å². The second-order valence-corrected chi connectivity index (χ2v) is 7.58. The van der Waals surface area contributed by atoms with Gasteiger partial charge in [0.05, 0.1) is 12.2 Å². The van der Waals surface area contributed by atoms with Crippen LogP contribution in [-0.2, 0) is 6.54 Å². The number of aryl methyl sites for hydroxylation is 1. The molecule has 6 nitrogen and oxygen atoms in total. The number of halogens is 1. The van der Waals surface area contributed by atoms with Crippen LogP contribution in [0.2, 0.25) is 5.02 Å². The highest BCUT2D eigenvalue weighted by atomic mass is 35.5. The third-order valence-electron chi connectivity index (χ3n) is 4.16. The molecule has 1 N–H and O–H groups in total. The molecule has 0 radical (unpaired) electrons. The zero-order valence-electron chi connectivity index (χ0n) is 15.0. The van der Waals surface area contributed by atoms with Crippen molar-refractivity contribution in [2.45, 2.75) is 13.5 Å². The number of carbonyl (C=O) groups excluding carboxylic acids is 1. The molecular formula is C20H16ClN5OS. The molecule has 0 unspecified atom stereocenters. The Morgan fingerprint density at radius 1 is 1.18 bits per heavy atom. The second kappa shape index (κ2) is 7.92. The van der Waals surface area contributed by atoms with Gasteiger partial charge in [-0.25, -0.2) is 14.6 Å². The van der Waals surface area contributed by atoms with Crippen molar-refractivity contribution in [2.24, 2.45) is 0 Å². The number of nitrogens with zero attached hydrogens (tertiary/aromatic N) is 4. The number of anilines is 1.